The molecule has 0 saturated heterocycles. The lowest BCUT2D eigenvalue weighted by Crippen LogP contribution is -2.23. The molecule has 0 bridgehead atoms. The van der Waals surface area contributed by atoms with Crippen LogP contribution in [0.1, 0.15) is 19.4 Å². The van der Waals surface area contributed by atoms with Crippen molar-refractivity contribution < 1.29 is 9.90 Å². The number of aliphatic hydroxyl groups excluding tert-OH is 1. The molecule has 1 N–H and O–H groups in total. The Kier molecular flexibility index (Phi) is 2.80. The minimum atomic E-state index is -0.498. The zero-order chi connectivity index (χ0) is 11.8. The van der Waals surface area contributed by atoms with Gasteiger partial charge >= 0.3 is 0 Å². The van der Waals surface area contributed by atoms with Gasteiger partial charge in [0, 0.05) is 5.57 Å². The average molecular weight is 234 g/mol. The Hall–Kier alpha value is -1.22. The van der Waals surface area contributed by atoms with Crippen molar-refractivity contribution >= 4 is 16.9 Å². The summed E-state index contributed by atoms with van der Waals surface area (Å²) in [4.78, 5) is 11.5. The highest BCUT2D eigenvalue weighted by Gasteiger charge is 2.41. The molecule has 0 fully saturated rings. The van der Waals surface area contributed by atoms with E-state index < -0.39 is 4.75 Å². The van der Waals surface area contributed by atoms with Crippen LogP contribution in [0.25, 0.3) is 0 Å². The Balaban J connectivity index is 2.26. The van der Waals surface area contributed by atoms with E-state index >= 15 is 0 Å². The maximum Gasteiger partial charge on any atom is 0.219 e. The number of aliphatic hydroxyl groups is 1. The van der Waals surface area contributed by atoms with Crippen molar-refractivity contribution in [2.24, 2.45) is 0 Å². The quantitative estimate of drug-likeness (QED) is 0.854. The van der Waals surface area contributed by atoms with Crippen LogP contribution in [0.3, 0.4) is 0 Å². The first-order valence-electron chi connectivity index (χ1n) is 5.20. The highest BCUT2D eigenvalue weighted by Crippen LogP contribution is 2.44. The summed E-state index contributed by atoms with van der Waals surface area (Å²) in [7, 11) is 0. The van der Waals surface area contributed by atoms with Crippen LogP contribution in [-0.2, 0) is 11.2 Å². The van der Waals surface area contributed by atoms with Gasteiger partial charge in [-0.1, -0.05) is 42.1 Å². The lowest BCUT2D eigenvalue weighted by atomic mass is 9.96. The largest absolute Gasteiger partial charge is 0.510 e. The SMILES string of the molecule is CC1=C(O)[C@](C)(Cc2ccccc2)SC1=O. The van der Waals surface area contributed by atoms with E-state index in [9.17, 15) is 9.90 Å². The van der Waals surface area contributed by atoms with Gasteiger partial charge < -0.3 is 5.11 Å². The summed E-state index contributed by atoms with van der Waals surface area (Å²) in [5.41, 5.74) is 1.62. The van der Waals surface area contributed by atoms with Gasteiger partial charge in [-0.3, -0.25) is 4.79 Å². The van der Waals surface area contributed by atoms with Crippen LogP contribution in [0.4, 0.5) is 0 Å². The third-order valence-corrected chi connectivity index (χ3v) is 4.14. The van der Waals surface area contributed by atoms with Crippen molar-refractivity contribution in [3.63, 3.8) is 0 Å². The Morgan fingerprint density at radius 2 is 1.94 bits per heavy atom. The first kappa shape index (κ1) is 11.3. The van der Waals surface area contributed by atoms with Crippen LogP contribution in [0.5, 0.6) is 0 Å². The molecular weight excluding hydrogens is 220 g/mol. The third-order valence-electron chi connectivity index (χ3n) is 2.86. The maximum atomic E-state index is 11.5. The first-order chi connectivity index (χ1) is 7.53. The average Bonchev–Trinajstić information content (AvgIpc) is 2.44. The van der Waals surface area contributed by atoms with E-state index in [1.807, 2.05) is 37.3 Å². The van der Waals surface area contributed by atoms with E-state index in [1.54, 1.807) is 6.92 Å². The second-order valence-electron chi connectivity index (χ2n) is 4.26. The summed E-state index contributed by atoms with van der Waals surface area (Å²) < 4.78 is -0.498. The van der Waals surface area contributed by atoms with Crippen molar-refractivity contribution in [2.45, 2.75) is 25.0 Å². The highest BCUT2D eigenvalue weighted by atomic mass is 32.2. The fourth-order valence-corrected chi connectivity index (χ4v) is 3.08. The minimum absolute atomic E-state index is 0.0177. The number of carbonyl (C=O) groups is 1. The van der Waals surface area contributed by atoms with Crippen LogP contribution < -0.4 is 0 Å². The number of hydrogen-bond donors (Lipinski definition) is 1. The predicted octanol–water partition coefficient (Wildman–Crippen LogP) is 3.09. The van der Waals surface area contributed by atoms with E-state index in [0.29, 0.717) is 12.0 Å². The molecule has 0 saturated carbocycles. The lowest BCUT2D eigenvalue weighted by molar-refractivity contribution is -0.107. The zero-order valence-corrected chi connectivity index (χ0v) is 10.2. The summed E-state index contributed by atoms with van der Waals surface area (Å²) in [5.74, 6) is 0.228. The zero-order valence-electron chi connectivity index (χ0n) is 9.36. The molecule has 1 aromatic carbocycles. The van der Waals surface area contributed by atoms with Crippen molar-refractivity contribution in [1.29, 1.82) is 0 Å². The summed E-state index contributed by atoms with van der Waals surface area (Å²) in [6.07, 6.45) is 0.674. The molecule has 2 rings (SSSR count). The van der Waals surface area contributed by atoms with Gasteiger partial charge in [0.1, 0.15) is 5.76 Å². The van der Waals surface area contributed by atoms with Gasteiger partial charge in [-0.25, -0.2) is 0 Å². The van der Waals surface area contributed by atoms with E-state index in [0.717, 1.165) is 5.56 Å². The third kappa shape index (κ3) is 1.87. The summed E-state index contributed by atoms with van der Waals surface area (Å²) in [5, 5.41) is 9.97. The molecular formula is C13H14O2S. The van der Waals surface area contributed by atoms with Crippen LogP contribution in [0, 0.1) is 0 Å². The van der Waals surface area contributed by atoms with Gasteiger partial charge in [0.05, 0.1) is 4.75 Å². The van der Waals surface area contributed by atoms with Gasteiger partial charge in [0.15, 0.2) is 0 Å². The van der Waals surface area contributed by atoms with Gasteiger partial charge in [-0.2, -0.15) is 0 Å². The standard InChI is InChI=1S/C13H14O2S/c1-9-11(14)13(2,16-12(9)15)8-10-6-4-3-5-7-10/h3-7,14H,8H2,1-2H3/t13-/m0/s1. The molecule has 1 aromatic rings. The van der Waals surface area contributed by atoms with Crippen molar-refractivity contribution in [3.8, 4) is 0 Å². The van der Waals surface area contributed by atoms with E-state index in [1.165, 1.54) is 11.8 Å². The summed E-state index contributed by atoms with van der Waals surface area (Å²) in [6, 6.07) is 9.91. The van der Waals surface area contributed by atoms with Crippen molar-refractivity contribution in [1.82, 2.24) is 0 Å². The first-order valence-corrected chi connectivity index (χ1v) is 6.02. The number of rotatable bonds is 2. The minimum Gasteiger partial charge on any atom is -0.510 e. The van der Waals surface area contributed by atoms with Crippen LogP contribution in [0.15, 0.2) is 41.7 Å². The number of carbonyl (C=O) groups excluding carboxylic acids is 1. The predicted molar refractivity (Wildman–Crippen MR) is 66.5 cm³/mol. The molecule has 0 radical (unpaired) electrons. The van der Waals surface area contributed by atoms with Gasteiger partial charge in [0.25, 0.3) is 0 Å². The summed E-state index contributed by atoms with van der Waals surface area (Å²) in [6.45, 7) is 3.59. The van der Waals surface area contributed by atoms with E-state index in [4.69, 9.17) is 0 Å². The molecule has 0 unspecified atom stereocenters. The Bertz CT molecular complexity index is 450. The Morgan fingerprint density at radius 3 is 2.44 bits per heavy atom. The molecule has 16 heavy (non-hydrogen) atoms. The maximum absolute atomic E-state index is 11.5. The smallest absolute Gasteiger partial charge is 0.219 e. The van der Waals surface area contributed by atoms with Crippen LogP contribution in [-0.4, -0.2) is 15.0 Å². The van der Waals surface area contributed by atoms with Crippen molar-refractivity contribution in [2.75, 3.05) is 0 Å². The molecule has 0 spiro atoms. The second kappa shape index (κ2) is 3.98. The van der Waals surface area contributed by atoms with Gasteiger partial charge in [-0.05, 0) is 25.8 Å². The Morgan fingerprint density at radius 1 is 1.31 bits per heavy atom. The molecule has 2 nitrogen and oxygen atoms in total. The van der Waals surface area contributed by atoms with E-state index in [-0.39, 0.29) is 10.9 Å². The monoisotopic (exact) mass is 234 g/mol. The van der Waals surface area contributed by atoms with Crippen LogP contribution in [0.2, 0.25) is 0 Å². The number of hydrogen-bond acceptors (Lipinski definition) is 3. The molecule has 84 valence electrons. The van der Waals surface area contributed by atoms with Gasteiger partial charge in [-0.15, -0.1) is 0 Å². The topological polar surface area (TPSA) is 37.3 Å². The fraction of sp³-hybridized carbons (Fsp3) is 0.308. The molecule has 0 aliphatic carbocycles. The lowest BCUT2D eigenvalue weighted by Gasteiger charge is -2.22. The van der Waals surface area contributed by atoms with Gasteiger partial charge in [0.2, 0.25) is 5.12 Å². The van der Waals surface area contributed by atoms with Crippen LogP contribution >= 0.6 is 11.8 Å². The normalized spacial score (nSPS) is 25.2. The van der Waals surface area contributed by atoms with E-state index in [2.05, 4.69) is 0 Å². The van der Waals surface area contributed by atoms with Crippen molar-refractivity contribution in [3.05, 3.63) is 47.2 Å². The Labute approximate surface area is 99.4 Å². The fourth-order valence-electron chi connectivity index (χ4n) is 1.93. The number of thioether (sulfide) groups is 1. The second-order valence-corrected chi connectivity index (χ2v) is 5.73. The summed E-state index contributed by atoms with van der Waals surface area (Å²) >= 11 is 1.22. The molecule has 3 heteroatoms. The molecule has 1 aliphatic heterocycles. The molecule has 1 atom stereocenters. The number of benzene rings is 1. The molecule has 1 aliphatic rings. The highest BCUT2D eigenvalue weighted by molar-refractivity contribution is 8.15. The molecule has 1 heterocycles. The molecule has 0 aromatic heterocycles. The molecule has 0 amide bonds.